The number of aromatic nitrogens is 1. The Labute approximate surface area is 261 Å². The zero-order valence-electron chi connectivity index (χ0n) is 24.9. The van der Waals surface area contributed by atoms with Gasteiger partial charge in [0.25, 0.3) is 0 Å². The van der Waals surface area contributed by atoms with Crippen LogP contribution in [0, 0.1) is 0 Å². The van der Waals surface area contributed by atoms with Crippen LogP contribution in [-0.4, -0.2) is 35.9 Å². The highest BCUT2D eigenvalue weighted by atomic mass is 32.1. The van der Waals surface area contributed by atoms with Crippen molar-refractivity contribution in [2.24, 2.45) is 4.99 Å². The Morgan fingerprint density at radius 1 is 0.818 bits per heavy atom. The average Bonchev–Trinajstić information content (AvgIpc) is 3.63. The minimum absolute atomic E-state index is 0.299. The number of carbonyl (C=O) groups excluding carboxylic acids is 2. The predicted molar refractivity (Wildman–Crippen MR) is 177 cm³/mol. The number of ether oxygens (including phenoxy) is 2. The number of carbonyl (C=O) groups is 2. The van der Waals surface area contributed by atoms with Crippen molar-refractivity contribution >= 4 is 34.5 Å². The summed E-state index contributed by atoms with van der Waals surface area (Å²) in [5, 5.41) is 0.696. The van der Waals surface area contributed by atoms with Gasteiger partial charge in [0.2, 0.25) is 0 Å². The minimum atomic E-state index is -0.345. The van der Waals surface area contributed by atoms with Crippen LogP contribution in [0.25, 0.3) is 28.2 Å². The van der Waals surface area contributed by atoms with E-state index in [1.54, 1.807) is 30.4 Å². The Bertz CT molecular complexity index is 1800. The summed E-state index contributed by atoms with van der Waals surface area (Å²) >= 11 is 1.60. The van der Waals surface area contributed by atoms with Gasteiger partial charge in [0.05, 0.1) is 35.7 Å². The molecule has 44 heavy (non-hydrogen) atoms. The first-order valence-corrected chi connectivity index (χ1v) is 15.9. The van der Waals surface area contributed by atoms with Crippen molar-refractivity contribution in [3.63, 3.8) is 0 Å². The maximum atomic E-state index is 13.1. The number of hydrogen-bond acceptors (Lipinski definition) is 6. The van der Waals surface area contributed by atoms with Gasteiger partial charge in [-0.25, -0.2) is 14.6 Å². The number of aliphatic imine (C=N–C) groups is 1. The molecule has 0 amide bonds. The smallest absolute Gasteiger partial charge is 0.341 e. The first kappa shape index (κ1) is 29.3. The molecule has 222 valence electrons. The van der Waals surface area contributed by atoms with Gasteiger partial charge in [-0.1, -0.05) is 60.7 Å². The van der Waals surface area contributed by atoms with Gasteiger partial charge in [-0.3, -0.25) is 0 Å². The first-order valence-electron chi connectivity index (χ1n) is 15.1. The Hall–Kier alpha value is -4.75. The van der Waals surface area contributed by atoms with E-state index in [0.29, 0.717) is 29.3 Å². The van der Waals surface area contributed by atoms with Gasteiger partial charge in [-0.2, -0.15) is 0 Å². The molecule has 1 aliphatic carbocycles. The first-order chi connectivity index (χ1) is 21.6. The molecule has 6 rings (SSSR count). The molecule has 2 aromatic heterocycles. The number of nitrogens with zero attached hydrogens (tertiary/aromatic N) is 2. The Balaban J connectivity index is 1.54. The summed E-state index contributed by atoms with van der Waals surface area (Å²) in [6, 6.07) is 30.0. The van der Waals surface area contributed by atoms with E-state index in [1.807, 2.05) is 61.7 Å². The molecule has 7 heteroatoms. The van der Waals surface area contributed by atoms with Crippen molar-refractivity contribution in [2.75, 3.05) is 13.2 Å². The van der Waals surface area contributed by atoms with Crippen molar-refractivity contribution in [1.82, 2.24) is 4.57 Å². The topological polar surface area (TPSA) is 69.9 Å². The highest BCUT2D eigenvalue weighted by molar-refractivity contribution is 7.16. The van der Waals surface area contributed by atoms with E-state index >= 15 is 0 Å². The molecule has 6 nitrogen and oxygen atoms in total. The van der Waals surface area contributed by atoms with Crippen LogP contribution in [0.3, 0.4) is 0 Å². The SMILES string of the molecule is CCOC(=O)c1ccc(-n2c(-c3ccccc3)cc(C=Nc3sc4c(c3C(=O)OCC)CCCC4)c2-c2ccccc2)cc1. The summed E-state index contributed by atoms with van der Waals surface area (Å²) in [7, 11) is 0. The van der Waals surface area contributed by atoms with Crippen molar-refractivity contribution < 1.29 is 19.1 Å². The number of thiophene rings is 1. The van der Waals surface area contributed by atoms with E-state index < -0.39 is 0 Å². The molecule has 1 aliphatic rings. The van der Waals surface area contributed by atoms with E-state index in [-0.39, 0.29) is 11.9 Å². The molecule has 5 aromatic rings. The molecular formula is C37H34N2O4S. The third-order valence-electron chi connectivity index (χ3n) is 7.74. The number of benzene rings is 3. The summed E-state index contributed by atoms with van der Waals surface area (Å²) < 4.78 is 12.9. The van der Waals surface area contributed by atoms with E-state index in [0.717, 1.165) is 65.0 Å². The number of aryl methyl sites for hydroxylation is 1. The number of esters is 2. The quantitative estimate of drug-likeness (QED) is 0.125. The summed E-state index contributed by atoms with van der Waals surface area (Å²) in [4.78, 5) is 31.7. The lowest BCUT2D eigenvalue weighted by Crippen LogP contribution is -2.09. The molecule has 3 aromatic carbocycles. The molecule has 0 atom stereocenters. The molecule has 0 saturated carbocycles. The van der Waals surface area contributed by atoms with Crippen molar-refractivity contribution in [1.29, 1.82) is 0 Å². The van der Waals surface area contributed by atoms with Gasteiger partial charge < -0.3 is 14.0 Å². The monoisotopic (exact) mass is 602 g/mol. The lowest BCUT2D eigenvalue weighted by atomic mass is 9.95. The van der Waals surface area contributed by atoms with Crippen LogP contribution in [-0.2, 0) is 22.3 Å². The summed E-state index contributed by atoms with van der Waals surface area (Å²) in [6.07, 6.45) is 5.90. The summed E-state index contributed by atoms with van der Waals surface area (Å²) in [6.45, 7) is 4.28. The average molecular weight is 603 g/mol. The van der Waals surface area contributed by atoms with Crippen molar-refractivity contribution in [2.45, 2.75) is 39.5 Å². The Kier molecular flexibility index (Phi) is 8.84. The fraction of sp³-hybridized carbons (Fsp3) is 0.216. The third kappa shape index (κ3) is 5.88. The van der Waals surface area contributed by atoms with Gasteiger partial charge in [0.15, 0.2) is 0 Å². The number of hydrogen-bond donors (Lipinski definition) is 0. The number of rotatable bonds is 9. The molecular weight excluding hydrogens is 568 g/mol. The number of fused-ring (bicyclic) bond motifs is 1. The van der Waals surface area contributed by atoms with E-state index in [2.05, 4.69) is 34.9 Å². The largest absolute Gasteiger partial charge is 0.462 e. The normalized spacial score (nSPS) is 12.7. The van der Waals surface area contributed by atoms with Crippen LogP contribution in [0.15, 0.2) is 96.0 Å². The summed E-state index contributed by atoms with van der Waals surface area (Å²) in [5.74, 6) is -0.645. The molecule has 0 aliphatic heterocycles. The van der Waals surface area contributed by atoms with Crippen LogP contribution in [0.5, 0.6) is 0 Å². The fourth-order valence-electron chi connectivity index (χ4n) is 5.75. The highest BCUT2D eigenvalue weighted by Gasteiger charge is 2.26. The van der Waals surface area contributed by atoms with Gasteiger partial charge in [-0.15, -0.1) is 11.3 Å². The van der Waals surface area contributed by atoms with Gasteiger partial charge >= 0.3 is 11.9 Å². The van der Waals surface area contributed by atoms with Crippen LogP contribution in [0.4, 0.5) is 5.00 Å². The molecule has 0 spiro atoms. The second-order valence-electron chi connectivity index (χ2n) is 10.5. The molecule has 0 fully saturated rings. The summed E-state index contributed by atoms with van der Waals surface area (Å²) in [5.41, 5.74) is 8.00. The Morgan fingerprint density at radius 3 is 2.14 bits per heavy atom. The molecule has 0 bridgehead atoms. The molecule has 2 heterocycles. The zero-order valence-corrected chi connectivity index (χ0v) is 25.7. The van der Waals surface area contributed by atoms with Crippen LogP contribution in [0.1, 0.15) is 63.4 Å². The zero-order chi connectivity index (χ0) is 30.5. The van der Waals surface area contributed by atoms with Gasteiger partial charge in [0, 0.05) is 22.3 Å². The van der Waals surface area contributed by atoms with Crippen LogP contribution in [0.2, 0.25) is 0 Å². The predicted octanol–water partition coefficient (Wildman–Crippen LogP) is 8.86. The molecule has 0 unspecified atom stereocenters. The highest BCUT2D eigenvalue weighted by Crippen LogP contribution is 2.41. The maximum absolute atomic E-state index is 13.1. The van der Waals surface area contributed by atoms with Crippen LogP contribution >= 0.6 is 11.3 Å². The van der Waals surface area contributed by atoms with Crippen LogP contribution < -0.4 is 0 Å². The molecule has 0 radical (unpaired) electrons. The van der Waals surface area contributed by atoms with E-state index in [4.69, 9.17) is 14.5 Å². The Morgan fingerprint density at radius 2 is 1.45 bits per heavy atom. The third-order valence-corrected chi connectivity index (χ3v) is 8.94. The van der Waals surface area contributed by atoms with Gasteiger partial charge in [0.1, 0.15) is 5.00 Å². The second kappa shape index (κ2) is 13.3. The second-order valence-corrected chi connectivity index (χ2v) is 11.6. The van der Waals surface area contributed by atoms with Crippen molar-refractivity contribution in [3.8, 4) is 28.2 Å². The lowest BCUT2D eigenvalue weighted by Gasteiger charge is -2.15. The van der Waals surface area contributed by atoms with Gasteiger partial charge in [-0.05, 0) is 86.6 Å². The maximum Gasteiger partial charge on any atom is 0.341 e. The van der Waals surface area contributed by atoms with E-state index in [1.165, 1.54) is 4.88 Å². The molecule has 0 saturated heterocycles. The van der Waals surface area contributed by atoms with E-state index in [9.17, 15) is 9.59 Å². The minimum Gasteiger partial charge on any atom is -0.462 e. The van der Waals surface area contributed by atoms with Crippen molar-refractivity contribution in [3.05, 3.63) is 118 Å². The molecule has 0 N–H and O–H groups in total. The lowest BCUT2D eigenvalue weighted by molar-refractivity contribution is 0.0516. The standard InChI is InChI=1S/C37H34N2O4S/c1-3-42-36(40)27-19-21-29(22-20-27)39-31(25-13-7-5-8-14-25)23-28(34(39)26-15-9-6-10-16-26)24-38-35-33(37(41)43-4-2)30-17-11-12-18-32(30)44-35/h5-10,13-16,19-24H,3-4,11-12,17-18H2,1-2H3. The fourth-order valence-corrected chi connectivity index (χ4v) is 6.98.